The molecular formula is C104H81N3OSi3. The Morgan fingerprint density at radius 2 is 0.423 bits per heavy atom. The highest BCUT2D eigenvalue weighted by Crippen LogP contribution is 2.62. The molecule has 1 unspecified atom stereocenters. The molecule has 530 valence electrons. The van der Waals surface area contributed by atoms with Gasteiger partial charge in [-0.3, -0.25) is 0 Å². The molecule has 0 saturated heterocycles. The van der Waals surface area contributed by atoms with Gasteiger partial charge < -0.3 is 9.32 Å². The average molecular weight is 1470 g/mol. The molecule has 16 aromatic rings. The van der Waals surface area contributed by atoms with E-state index in [4.69, 9.17) is 4.42 Å². The van der Waals surface area contributed by atoms with Crippen LogP contribution >= 0.6 is 0 Å². The maximum atomic E-state index is 6.54. The van der Waals surface area contributed by atoms with Crippen molar-refractivity contribution in [3.8, 4) is 34.0 Å². The van der Waals surface area contributed by atoms with Crippen molar-refractivity contribution in [2.75, 3.05) is 4.90 Å². The van der Waals surface area contributed by atoms with Crippen molar-refractivity contribution in [1.82, 2.24) is 10.2 Å². The molecule has 0 saturated carbocycles. The van der Waals surface area contributed by atoms with Gasteiger partial charge in [-0.1, -0.05) is 395 Å². The van der Waals surface area contributed by atoms with E-state index in [0.29, 0.717) is 11.8 Å². The molecule has 7 heteroatoms. The van der Waals surface area contributed by atoms with Crippen LogP contribution in [0.25, 0.3) is 77.1 Å². The van der Waals surface area contributed by atoms with Crippen LogP contribution < -0.4 is 25.6 Å². The lowest BCUT2D eigenvalue weighted by molar-refractivity contribution is 0.584. The number of anilines is 3. The minimum absolute atomic E-state index is 0.463. The van der Waals surface area contributed by atoms with Crippen molar-refractivity contribution < 1.29 is 4.42 Å². The van der Waals surface area contributed by atoms with Gasteiger partial charge in [-0.15, -0.1) is 10.2 Å². The van der Waals surface area contributed by atoms with Gasteiger partial charge in [0.2, 0.25) is 11.8 Å². The van der Waals surface area contributed by atoms with Crippen LogP contribution in [0.3, 0.4) is 0 Å². The molecule has 0 amide bonds. The number of hydrogen-bond donors (Lipinski definition) is 0. The van der Waals surface area contributed by atoms with Gasteiger partial charge in [0.05, 0.1) is 0 Å². The van der Waals surface area contributed by atoms with Crippen LogP contribution in [0.2, 0.25) is 25.2 Å². The van der Waals surface area contributed by atoms with Crippen molar-refractivity contribution >= 4 is 105 Å². The molecular weight excluding hydrogens is 1390 g/mol. The van der Waals surface area contributed by atoms with Crippen LogP contribution in [-0.4, -0.2) is 34.4 Å². The van der Waals surface area contributed by atoms with Crippen molar-refractivity contribution in [2.24, 2.45) is 0 Å². The van der Waals surface area contributed by atoms with E-state index in [9.17, 15) is 0 Å². The lowest BCUT2D eigenvalue weighted by Crippen LogP contribution is -2.74. The molecule has 0 bridgehead atoms. The fourth-order valence-corrected chi connectivity index (χ4v) is 34.6. The number of benzene rings is 15. The number of hydrogen-bond acceptors (Lipinski definition) is 4. The Kier molecular flexibility index (Phi) is 19.1. The van der Waals surface area contributed by atoms with Crippen molar-refractivity contribution in [3.63, 3.8) is 0 Å². The Bertz CT molecular complexity index is 5870. The summed E-state index contributed by atoms with van der Waals surface area (Å²) in [5, 5.41) is 20.4. The van der Waals surface area contributed by atoms with E-state index >= 15 is 0 Å². The van der Waals surface area contributed by atoms with E-state index in [0.717, 1.165) is 51.4 Å². The Morgan fingerprint density at radius 3 is 0.721 bits per heavy atom. The molecule has 3 heterocycles. The van der Waals surface area contributed by atoms with E-state index < -0.39 is 24.2 Å². The Hall–Kier alpha value is -13.1. The number of allylic oxidation sites excluding steroid dienone is 4. The first-order valence-electron chi connectivity index (χ1n) is 38.5. The van der Waals surface area contributed by atoms with Crippen molar-refractivity contribution in [3.05, 3.63) is 475 Å². The first-order valence-corrected chi connectivity index (χ1v) is 45.9. The summed E-state index contributed by atoms with van der Waals surface area (Å²) in [5.41, 5.74) is 22.8. The fourth-order valence-electron chi connectivity index (χ4n) is 17.9. The second-order valence-electron chi connectivity index (χ2n) is 29.4. The molecule has 1 aromatic heterocycles. The molecule has 18 rings (SSSR count). The van der Waals surface area contributed by atoms with E-state index in [1.165, 1.54) is 108 Å². The molecule has 2 aliphatic heterocycles. The SMILES string of the molecule is C[Si]1(CC[Si]2(C)C(c3ccccc3)=C(c3ccccc3)C(c3ccc(-c4ccc([Si](c5ccccc5)(c5ccccc5)c5ccc(-c6nnc(-c7ccc(N(c8ccccc8)c8ccccc8)cc7)o6)cc5)cc4)cc3)=C2c2ccccc2)C(c2ccccc2)=C(c2ccccc2)C(c2ccccc2)=C1c1ccccc1. The zero-order valence-electron chi connectivity index (χ0n) is 62.2. The molecule has 0 fully saturated rings. The van der Waals surface area contributed by atoms with Crippen LogP contribution in [0, 0.1) is 0 Å². The van der Waals surface area contributed by atoms with Crippen LogP contribution in [0.5, 0.6) is 0 Å². The summed E-state index contributed by atoms with van der Waals surface area (Å²) in [4.78, 5) is 2.25. The Labute approximate surface area is 654 Å². The molecule has 15 aromatic carbocycles. The predicted octanol–water partition coefficient (Wildman–Crippen LogP) is 24.0. The standard InChI is InChI=1S/C104H81N3OSi3/c1-109(99(82-42-20-6-21-43-82)95(78-36-14-3-15-37-78)96(79-38-16-4-17-39-79)100(109)83-44-22-7-23-45-83)74-75-110(2)101(84-46-24-8-25-47-84)97(80-40-18-5-19-41-80)98(102(110)85-48-26-9-27-49-85)81-60-58-76(59-61-81)77-64-70-93(71-65-77)111(91-54-32-12-33-55-91,92-56-34-13-35-57-92)94-72-66-87(67-73-94)104-106-105-103(108-104)86-62-68-90(69-63-86)107(88-50-28-10-29-51-88)89-52-30-11-31-53-89/h3-73H,74-75H2,1-2H3. The maximum Gasteiger partial charge on any atom is 0.248 e. The highest BCUT2D eigenvalue weighted by Gasteiger charge is 2.52. The number of aromatic nitrogens is 2. The second kappa shape index (κ2) is 30.5. The molecule has 0 radical (unpaired) electrons. The first kappa shape index (κ1) is 69.6. The largest absolute Gasteiger partial charge is 0.416 e. The molecule has 1 atom stereocenters. The molecule has 4 nitrogen and oxygen atoms in total. The van der Waals surface area contributed by atoms with Gasteiger partial charge >= 0.3 is 0 Å². The van der Waals surface area contributed by atoms with Crippen molar-refractivity contribution in [2.45, 2.75) is 25.2 Å². The topological polar surface area (TPSA) is 42.2 Å². The minimum atomic E-state index is -3.00. The average Bonchev–Trinajstić information content (AvgIpc) is 1.61. The van der Waals surface area contributed by atoms with Gasteiger partial charge in [-0.25, -0.2) is 0 Å². The molecule has 111 heavy (non-hydrogen) atoms. The van der Waals surface area contributed by atoms with Gasteiger partial charge in [0.1, 0.15) is 16.1 Å². The molecule has 2 aliphatic rings. The summed E-state index contributed by atoms with van der Waals surface area (Å²) in [6.45, 7) is 5.44. The van der Waals surface area contributed by atoms with Gasteiger partial charge in [-0.2, -0.15) is 0 Å². The summed E-state index contributed by atoms with van der Waals surface area (Å²) >= 11 is 0. The number of para-hydroxylation sites is 2. The summed E-state index contributed by atoms with van der Waals surface area (Å²) in [6, 6.07) is 161. The van der Waals surface area contributed by atoms with Crippen molar-refractivity contribution in [1.29, 1.82) is 0 Å². The van der Waals surface area contributed by atoms with Crippen LogP contribution in [0.4, 0.5) is 17.1 Å². The van der Waals surface area contributed by atoms with Gasteiger partial charge in [0.25, 0.3) is 0 Å². The second-order valence-corrected chi connectivity index (χ2v) is 41.5. The first-order chi connectivity index (χ1) is 54.8. The summed E-state index contributed by atoms with van der Waals surface area (Å²) in [7, 11) is -8.71. The molecule has 0 spiro atoms. The number of nitrogens with zero attached hydrogens (tertiary/aromatic N) is 3. The number of rotatable bonds is 21. The molecule has 0 aliphatic carbocycles. The minimum Gasteiger partial charge on any atom is -0.416 e. The third-order valence-electron chi connectivity index (χ3n) is 22.9. The summed E-state index contributed by atoms with van der Waals surface area (Å²) in [6.07, 6.45) is 0. The lowest BCUT2D eigenvalue weighted by Gasteiger charge is -2.37. The van der Waals surface area contributed by atoms with E-state index in [-0.39, 0.29) is 0 Å². The van der Waals surface area contributed by atoms with E-state index in [1.807, 2.05) is 12.1 Å². The smallest absolute Gasteiger partial charge is 0.248 e. The van der Waals surface area contributed by atoms with E-state index in [1.54, 1.807) is 0 Å². The quantitative estimate of drug-likeness (QED) is 0.0531. The van der Waals surface area contributed by atoms with Crippen LogP contribution in [0.1, 0.15) is 44.5 Å². The third kappa shape index (κ3) is 13.0. The van der Waals surface area contributed by atoms with Gasteiger partial charge in [0.15, 0.2) is 8.07 Å². The Morgan fingerprint density at radius 1 is 0.216 bits per heavy atom. The zero-order valence-corrected chi connectivity index (χ0v) is 65.2. The fraction of sp³-hybridized carbons (Fsp3) is 0.0385. The summed E-state index contributed by atoms with van der Waals surface area (Å²) < 4.78 is 6.54. The maximum absolute atomic E-state index is 6.54. The van der Waals surface area contributed by atoms with Gasteiger partial charge in [-0.05, 0) is 180 Å². The van der Waals surface area contributed by atoms with Gasteiger partial charge in [0, 0.05) is 28.2 Å². The predicted molar refractivity (Wildman–Crippen MR) is 474 cm³/mol. The van der Waals surface area contributed by atoms with Crippen LogP contribution in [-0.2, 0) is 0 Å². The molecule has 0 N–H and O–H groups in total. The third-order valence-corrected chi connectivity index (χ3v) is 37.3. The highest BCUT2D eigenvalue weighted by molar-refractivity contribution is 7.20. The summed E-state index contributed by atoms with van der Waals surface area (Å²) in [5.74, 6) is 0.931. The van der Waals surface area contributed by atoms with E-state index in [2.05, 4.69) is 447 Å². The monoisotopic (exact) mass is 1470 g/mol. The lowest BCUT2D eigenvalue weighted by atomic mass is 9.88. The highest BCUT2D eigenvalue weighted by atomic mass is 28.3. The zero-order chi connectivity index (χ0) is 74.6. The Balaban J connectivity index is 0.732. The normalized spacial score (nSPS) is 14.8. The van der Waals surface area contributed by atoms with Crippen LogP contribution in [0.15, 0.2) is 435 Å².